The predicted octanol–water partition coefficient (Wildman–Crippen LogP) is 1.25. The Morgan fingerprint density at radius 1 is 1.30 bits per heavy atom. The summed E-state index contributed by atoms with van der Waals surface area (Å²) in [6.45, 7) is 4.08. The predicted molar refractivity (Wildman–Crippen MR) is 113 cm³/mol. The van der Waals surface area contributed by atoms with E-state index in [0.29, 0.717) is 23.1 Å². The van der Waals surface area contributed by atoms with Crippen LogP contribution in [0.25, 0.3) is 5.65 Å². The van der Waals surface area contributed by atoms with Crippen LogP contribution >= 0.6 is 0 Å². The van der Waals surface area contributed by atoms with Crippen LogP contribution in [0.5, 0.6) is 5.75 Å². The summed E-state index contributed by atoms with van der Waals surface area (Å²) in [5, 5.41) is 7.06. The second kappa shape index (κ2) is 7.45. The van der Waals surface area contributed by atoms with Crippen LogP contribution in [-0.2, 0) is 0 Å². The first-order valence-electron chi connectivity index (χ1n) is 10.1. The summed E-state index contributed by atoms with van der Waals surface area (Å²) in [6, 6.07) is 4.18. The molecule has 2 saturated heterocycles. The lowest BCUT2D eigenvalue weighted by atomic mass is 10.1. The van der Waals surface area contributed by atoms with E-state index in [1.165, 1.54) is 32.7 Å². The third-order valence-electron chi connectivity index (χ3n) is 5.89. The average molecular weight is 408 g/mol. The third kappa shape index (κ3) is 3.18. The van der Waals surface area contributed by atoms with Crippen molar-refractivity contribution < 1.29 is 9.53 Å². The van der Waals surface area contributed by atoms with E-state index in [9.17, 15) is 4.79 Å². The molecule has 2 aliphatic rings. The van der Waals surface area contributed by atoms with E-state index >= 15 is 0 Å². The molecule has 10 heteroatoms. The van der Waals surface area contributed by atoms with Crippen molar-refractivity contribution in [1.82, 2.24) is 24.5 Å². The molecule has 10 nitrogen and oxygen atoms in total. The van der Waals surface area contributed by atoms with Crippen LogP contribution in [0, 0.1) is 0 Å². The molecule has 30 heavy (non-hydrogen) atoms. The van der Waals surface area contributed by atoms with Gasteiger partial charge in [0.1, 0.15) is 22.8 Å². The fraction of sp³-hybridized carbons (Fsp3) is 0.400. The number of hydrogen-bond acceptors (Lipinski definition) is 8. The van der Waals surface area contributed by atoms with Gasteiger partial charge in [0.2, 0.25) is 0 Å². The van der Waals surface area contributed by atoms with Crippen molar-refractivity contribution in [3.8, 4) is 5.75 Å². The molecule has 0 spiro atoms. The molecule has 2 fully saturated rings. The Kier molecular flexibility index (Phi) is 4.62. The topological polar surface area (TPSA) is 114 Å². The summed E-state index contributed by atoms with van der Waals surface area (Å²) in [5.41, 5.74) is 7.20. The van der Waals surface area contributed by atoms with Gasteiger partial charge in [0, 0.05) is 44.1 Å². The van der Waals surface area contributed by atoms with E-state index in [-0.39, 0.29) is 11.4 Å². The van der Waals surface area contributed by atoms with E-state index in [0.717, 1.165) is 25.5 Å². The van der Waals surface area contributed by atoms with E-state index in [1.807, 2.05) is 6.07 Å². The molecule has 0 radical (unpaired) electrons. The maximum absolute atomic E-state index is 13.0. The Morgan fingerprint density at radius 3 is 3.07 bits per heavy atom. The number of amides is 1. The zero-order valence-corrected chi connectivity index (χ0v) is 16.8. The Bertz CT molecular complexity index is 1100. The number of piperazine rings is 1. The standard InChI is InChI=1S/C20H24N8O2/c1-30-15-4-6-22-11-14(15)23-20(29)17-18(21)25-28-8-5-16(24-19(17)28)27-10-9-26-7-2-3-13(26)12-27/h4-6,8,11,13H,2-3,7,9-10,12H2,1H3,(H2,21,25)(H,23,29)/t13-/m1/s1. The summed E-state index contributed by atoms with van der Waals surface area (Å²) in [7, 11) is 1.53. The molecule has 1 amide bonds. The van der Waals surface area contributed by atoms with Crippen LogP contribution in [0.4, 0.5) is 17.3 Å². The molecule has 1 atom stereocenters. The number of carbonyl (C=O) groups excluding carboxylic acids is 1. The molecule has 0 saturated carbocycles. The molecule has 0 aromatic carbocycles. The molecular formula is C20H24N8O2. The quantitative estimate of drug-likeness (QED) is 0.663. The fourth-order valence-corrected chi connectivity index (χ4v) is 4.37. The highest BCUT2D eigenvalue weighted by molar-refractivity contribution is 6.12. The van der Waals surface area contributed by atoms with Gasteiger partial charge in [-0.05, 0) is 25.5 Å². The van der Waals surface area contributed by atoms with Gasteiger partial charge in [0.15, 0.2) is 11.5 Å². The van der Waals surface area contributed by atoms with Crippen LogP contribution in [0.15, 0.2) is 30.7 Å². The van der Waals surface area contributed by atoms with Crippen LogP contribution in [0.3, 0.4) is 0 Å². The number of nitrogens with one attached hydrogen (secondary N) is 1. The number of aromatic nitrogens is 4. The minimum absolute atomic E-state index is 0.126. The van der Waals surface area contributed by atoms with Crippen LogP contribution < -0.4 is 20.7 Å². The van der Waals surface area contributed by atoms with Crippen molar-refractivity contribution in [2.75, 3.05) is 49.2 Å². The highest BCUT2D eigenvalue weighted by Gasteiger charge is 2.31. The zero-order chi connectivity index (χ0) is 20.7. The normalized spacial score (nSPS) is 19.1. The molecule has 156 valence electrons. The van der Waals surface area contributed by atoms with Crippen molar-refractivity contribution >= 4 is 28.9 Å². The molecule has 0 aliphatic carbocycles. The SMILES string of the molecule is COc1ccncc1NC(=O)c1c(N)nn2ccc(N3CCN4CCC[C@@H]4C3)nc12. The fourth-order valence-electron chi connectivity index (χ4n) is 4.37. The Morgan fingerprint density at radius 2 is 2.20 bits per heavy atom. The van der Waals surface area contributed by atoms with Gasteiger partial charge < -0.3 is 20.7 Å². The Hall–Kier alpha value is -3.40. The van der Waals surface area contributed by atoms with E-state index < -0.39 is 5.91 Å². The minimum Gasteiger partial charge on any atom is -0.494 e. The van der Waals surface area contributed by atoms with Gasteiger partial charge in [-0.25, -0.2) is 9.50 Å². The smallest absolute Gasteiger partial charge is 0.263 e. The van der Waals surface area contributed by atoms with Crippen molar-refractivity contribution in [2.24, 2.45) is 0 Å². The molecule has 3 aromatic rings. The number of ether oxygens (including phenoxy) is 1. The third-order valence-corrected chi connectivity index (χ3v) is 5.89. The van der Waals surface area contributed by atoms with Gasteiger partial charge in [0.25, 0.3) is 5.91 Å². The van der Waals surface area contributed by atoms with E-state index in [2.05, 4.69) is 25.2 Å². The Labute approximate surface area is 173 Å². The van der Waals surface area contributed by atoms with Gasteiger partial charge >= 0.3 is 0 Å². The van der Waals surface area contributed by atoms with Crippen LogP contribution in [0.2, 0.25) is 0 Å². The number of pyridine rings is 1. The number of methoxy groups -OCH3 is 1. The lowest BCUT2D eigenvalue weighted by Crippen LogP contribution is -2.50. The first-order chi connectivity index (χ1) is 14.6. The summed E-state index contributed by atoms with van der Waals surface area (Å²) in [4.78, 5) is 26.7. The molecule has 0 bridgehead atoms. The number of nitrogens with zero attached hydrogens (tertiary/aromatic N) is 6. The second-order valence-corrected chi connectivity index (χ2v) is 7.62. The van der Waals surface area contributed by atoms with Gasteiger partial charge in [-0.15, -0.1) is 5.10 Å². The van der Waals surface area contributed by atoms with Gasteiger partial charge in [-0.2, -0.15) is 0 Å². The lowest BCUT2D eigenvalue weighted by molar-refractivity contribution is 0.102. The first kappa shape index (κ1) is 18.6. The molecular weight excluding hydrogens is 384 g/mol. The maximum Gasteiger partial charge on any atom is 0.263 e. The van der Waals surface area contributed by atoms with Gasteiger partial charge in [-0.1, -0.05) is 0 Å². The largest absolute Gasteiger partial charge is 0.494 e. The van der Waals surface area contributed by atoms with Gasteiger partial charge in [-0.3, -0.25) is 14.7 Å². The molecule has 3 aromatic heterocycles. The number of nitrogens with two attached hydrogens (primary N) is 1. The number of fused-ring (bicyclic) bond motifs is 2. The highest BCUT2D eigenvalue weighted by Crippen LogP contribution is 2.27. The summed E-state index contributed by atoms with van der Waals surface area (Å²) in [6.07, 6.45) is 7.40. The number of hydrogen-bond donors (Lipinski definition) is 2. The number of anilines is 3. The van der Waals surface area contributed by atoms with Crippen molar-refractivity contribution in [2.45, 2.75) is 18.9 Å². The Balaban J connectivity index is 1.45. The minimum atomic E-state index is -0.404. The number of rotatable bonds is 4. The number of nitrogen functional groups attached to an aromatic ring is 1. The highest BCUT2D eigenvalue weighted by atomic mass is 16.5. The molecule has 3 N–H and O–H groups in total. The summed E-state index contributed by atoms with van der Waals surface area (Å²) < 4.78 is 6.82. The molecule has 5 heterocycles. The van der Waals surface area contributed by atoms with Gasteiger partial charge in [0.05, 0.1) is 13.3 Å². The number of carbonyl (C=O) groups is 1. The lowest BCUT2D eigenvalue weighted by Gasteiger charge is -2.38. The van der Waals surface area contributed by atoms with Crippen LogP contribution in [-0.4, -0.2) is 69.7 Å². The molecule has 0 unspecified atom stereocenters. The maximum atomic E-state index is 13.0. The van der Waals surface area contributed by atoms with Crippen molar-refractivity contribution in [1.29, 1.82) is 0 Å². The van der Waals surface area contributed by atoms with E-state index in [4.69, 9.17) is 15.5 Å². The monoisotopic (exact) mass is 408 g/mol. The van der Waals surface area contributed by atoms with Crippen molar-refractivity contribution in [3.63, 3.8) is 0 Å². The summed E-state index contributed by atoms with van der Waals surface area (Å²) >= 11 is 0. The summed E-state index contributed by atoms with van der Waals surface area (Å²) in [5.74, 6) is 1.07. The average Bonchev–Trinajstić information content (AvgIpc) is 3.36. The van der Waals surface area contributed by atoms with Crippen LogP contribution in [0.1, 0.15) is 23.2 Å². The second-order valence-electron chi connectivity index (χ2n) is 7.62. The van der Waals surface area contributed by atoms with Crippen molar-refractivity contribution in [3.05, 3.63) is 36.3 Å². The zero-order valence-electron chi connectivity index (χ0n) is 16.8. The first-order valence-corrected chi connectivity index (χ1v) is 10.1. The van der Waals surface area contributed by atoms with E-state index in [1.54, 1.807) is 23.0 Å². The molecule has 5 rings (SSSR count). The molecule has 2 aliphatic heterocycles.